The summed E-state index contributed by atoms with van der Waals surface area (Å²) in [4.78, 5) is 13.7. The highest BCUT2D eigenvalue weighted by Gasteiger charge is 2.42. The van der Waals surface area contributed by atoms with Crippen LogP contribution < -0.4 is 19.5 Å². The number of benzene rings is 1. The van der Waals surface area contributed by atoms with Gasteiger partial charge in [0, 0.05) is 12.1 Å². The number of aliphatic hydroxyl groups excluding tert-OH is 4. The minimum atomic E-state index is -1.34. The van der Waals surface area contributed by atoms with Crippen LogP contribution in [0.5, 0.6) is 17.2 Å². The largest absolute Gasteiger partial charge is 0.490 e. The Bertz CT molecular complexity index is 1200. The number of hydrogen-bond donors (Lipinski definition) is 5. The fourth-order valence-electron chi connectivity index (χ4n) is 8.92. The molecule has 1 saturated heterocycles. The van der Waals surface area contributed by atoms with Crippen molar-refractivity contribution >= 4 is 5.91 Å². The van der Waals surface area contributed by atoms with Gasteiger partial charge < -0.3 is 44.7 Å². The maximum atomic E-state index is 13.7. The molecule has 2 rings (SSSR count). The Labute approximate surface area is 398 Å². The number of unbranched alkanes of at least 4 members (excludes halogenated alkanes) is 30. The molecular weight excluding hydrogens is 819 g/mol. The molecule has 380 valence electrons. The number of hydrogen-bond acceptors (Lipinski definition) is 9. The van der Waals surface area contributed by atoms with Crippen molar-refractivity contribution in [1.82, 2.24) is 5.32 Å². The third kappa shape index (κ3) is 28.1. The molecule has 0 aromatic heterocycles. The summed E-state index contributed by atoms with van der Waals surface area (Å²) in [5, 5.41) is 43.2. The number of carbonyl (C=O) groups excluding carboxylic acids is 1. The van der Waals surface area contributed by atoms with E-state index in [1.807, 2.05) is 12.1 Å². The Morgan fingerprint density at radius 3 is 1.25 bits per heavy atom. The number of amides is 1. The molecule has 1 heterocycles. The summed E-state index contributed by atoms with van der Waals surface area (Å²) in [7, 11) is 0. The molecule has 0 radical (unpaired) electrons. The minimum Gasteiger partial charge on any atom is -0.490 e. The molecule has 1 amide bonds. The lowest BCUT2D eigenvalue weighted by atomic mass is 9.92. The van der Waals surface area contributed by atoms with Crippen LogP contribution in [0.1, 0.15) is 256 Å². The van der Waals surface area contributed by atoms with Crippen LogP contribution in [0, 0.1) is 0 Å². The predicted molar refractivity (Wildman–Crippen MR) is 268 cm³/mol. The van der Waals surface area contributed by atoms with Crippen LogP contribution in [0.4, 0.5) is 0 Å². The SMILES string of the molecule is CCCCCCCCCCCCOc1cc(C(=O)NCCCCCCC2O[C@H](CO)[C@H](O)[C@H](O)[C@H]2O)cc(OCCCCCCCCCCCC)c1OCCCCCCCCCCCC. The number of nitrogens with one attached hydrogen (secondary N) is 1. The Morgan fingerprint density at radius 2 is 0.831 bits per heavy atom. The van der Waals surface area contributed by atoms with Gasteiger partial charge in [0.2, 0.25) is 5.75 Å². The molecular formula is C55H101NO9. The summed E-state index contributed by atoms with van der Waals surface area (Å²) in [6, 6.07) is 3.68. The van der Waals surface area contributed by atoms with Gasteiger partial charge in [-0.1, -0.05) is 213 Å². The van der Waals surface area contributed by atoms with E-state index in [1.54, 1.807) is 0 Å². The minimum absolute atomic E-state index is 0.167. The summed E-state index contributed by atoms with van der Waals surface area (Å²) >= 11 is 0. The van der Waals surface area contributed by atoms with Crippen molar-refractivity contribution in [2.24, 2.45) is 0 Å². The van der Waals surface area contributed by atoms with E-state index in [1.165, 1.54) is 154 Å². The van der Waals surface area contributed by atoms with E-state index in [0.717, 1.165) is 64.2 Å². The first-order valence-electron chi connectivity index (χ1n) is 27.5. The van der Waals surface area contributed by atoms with Crippen molar-refractivity contribution in [2.45, 2.75) is 276 Å². The van der Waals surface area contributed by atoms with Gasteiger partial charge in [-0.05, 0) is 44.2 Å². The number of rotatable bonds is 45. The molecule has 5 N–H and O–H groups in total. The molecule has 10 nitrogen and oxygen atoms in total. The van der Waals surface area contributed by atoms with Crippen LogP contribution in [0.2, 0.25) is 0 Å². The molecule has 0 aliphatic carbocycles. The maximum absolute atomic E-state index is 13.7. The Balaban J connectivity index is 2.02. The van der Waals surface area contributed by atoms with Gasteiger partial charge in [0.15, 0.2) is 11.5 Å². The van der Waals surface area contributed by atoms with Gasteiger partial charge in [-0.25, -0.2) is 0 Å². The first-order chi connectivity index (χ1) is 31.9. The van der Waals surface area contributed by atoms with Crippen molar-refractivity contribution in [1.29, 1.82) is 0 Å². The first kappa shape index (κ1) is 59.0. The summed E-state index contributed by atoms with van der Waals surface area (Å²) in [5.41, 5.74) is 0.509. The summed E-state index contributed by atoms with van der Waals surface area (Å²) in [6.07, 6.45) is 36.0. The van der Waals surface area contributed by atoms with Crippen molar-refractivity contribution in [2.75, 3.05) is 33.0 Å². The second kappa shape index (κ2) is 40.9. The van der Waals surface area contributed by atoms with Crippen LogP contribution in [-0.4, -0.2) is 89.8 Å². The third-order valence-electron chi connectivity index (χ3n) is 13.2. The number of aliphatic hydroxyl groups is 4. The molecule has 5 atom stereocenters. The van der Waals surface area contributed by atoms with Crippen LogP contribution in [0.25, 0.3) is 0 Å². The topological polar surface area (TPSA) is 147 Å². The van der Waals surface area contributed by atoms with Gasteiger partial charge in [0.25, 0.3) is 5.91 Å². The van der Waals surface area contributed by atoms with Crippen LogP contribution >= 0.6 is 0 Å². The zero-order valence-corrected chi connectivity index (χ0v) is 42.2. The van der Waals surface area contributed by atoms with Crippen molar-refractivity contribution < 1.29 is 44.2 Å². The van der Waals surface area contributed by atoms with E-state index in [-0.39, 0.29) is 5.91 Å². The van der Waals surface area contributed by atoms with Gasteiger partial charge in [-0.15, -0.1) is 0 Å². The Hall–Kier alpha value is -2.11. The van der Waals surface area contributed by atoms with Gasteiger partial charge in [0.05, 0.1) is 32.5 Å². The molecule has 1 unspecified atom stereocenters. The molecule has 0 saturated carbocycles. The van der Waals surface area contributed by atoms with Crippen molar-refractivity contribution in [3.05, 3.63) is 17.7 Å². The quantitative estimate of drug-likeness (QED) is 0.0403. The molecule has 10 heteroatoms. The second-order valence-corrected chi connectivity index (χ2v) is 19.2. The molecule has 1 aromatic carbocycles. The average Bonchev–Trinajstić information content (AvgIpc) is 3.31. The lowest BCUT2D eigenvalue weighted by Crippen LogP contribution is -2.58. The highest BCUT2D eigenvalue weighted by molar-refractivity contribution is 5.95. The molecule has 1 fully saturated rings. The third-order valence-corrected chi connectivity index (χ3v) is 13.2. The maximum Gasteiger partial charge on any atom is 0.251 e. The fourth-order valence-corrected chi connectivity index (χ4v) is 8.92. The molecule has 1 aliphatic rings. The van der Waals surface area contributed by atoms with Gasteiger partial charge in [0.1, 0.15) is 24.4 Å². The van der Waals surface area contributed by atoms with E-state index >= 15 is 0 Å². The van der Waals surface area contributed by atoms with E-state index < -0.39 is 37.1 Å². The summed E-state index contributed by atoms with van der Waals surface area (Å²) < 4.78 is 25.2. The van der Waals surface area contributed by atoms with Crippen LogP contribution in [-0.2, 0) is 4.74 Å². The van der Waals surface area contributed by atoms with Gasteiger partial charge in [-0.3, -0.25) is 4.79 Å². The van der Waals surface area contributed by atoms with Crippen molar-refractivity contribution in [3.63, 3.8) is 0 Å². The van der Waals surface area contributed by atoms with E-state index in [9.17, 15) is 25.2 Å². The monoisotopic (exact) mass is 920 g/mol. The fraction of sp³-hybridized carbons (Fsp3) is 0.873. The molecule has 1 aliphatic heterocycles. The smallest absolute Gasteiger partial charge is 0.251 e. The summed E-state index contributed by atoms with van der Waals surface area (Å²) in [6.45, 7) is 8.61. The molecule has 65 heavy (non-hydrogen) atoms. The average molecular weight is 920 g/mol. The highest BCUT2D eigenvalue weighted by Crippen LogP contribution is 2.40. The van der Waals surface area contributed by atoms with Gasteiger partial charge >= 0.3 is 0 Å². The lowest BCUT2D eigenvalue weighted by molar-refractivity contribution is -0.230. The van der Waals surface area contributed by atoms with E-state index in [2.05, 4.69) is 26.1 Å². The van der Waals surface area contributed by atoms with E-state index in [4.69, 9.17) is 18.9 Å². The second-order valence-electron chi connectivity index (χ2n) is 19.2. The standard InChI is InChI=1S/C55H101NO9/c1-4-7-10-13-16-19-22-25-30-35-40-62-48-43-46(55(61)56-39-34-29-28-33-38-47-51(58)53(60)52(59)50(45-57)65-47)44-49(63-41-36-31-26-23-20-17-14-11-8-5-2)54(48)64-42-37-32-27-24-21-18-15-12-9-6-3/h43-44,47,50-53,57-60H,4-42,45H2,1-3H3,(H,56,61)/t47?,50-,51+,52+,53-/m1/s1. The highest BCUT2D eigenvalue weighted by atomic mass is 16.5. The zero-order chi connectivity index (χ0) is 47.0. The normalized spacial score (nSPS) is 18.5. The summed E-state index contributed by atoms with van der Waals surface area (Å²) in [5.74, 6) is 1.63. The molecule has 1 aromatic rings. The lowest BCUT2D eigenvalue weighted by Gasteiger charge is -2.40. The first-order valence-corrected chi connectivity index (χ1v) is 27.5. The van der Waals surface area contributed by atoms with Crippen molar-refractivity contribution in [3.8, 4) is 17.2 Å². The molecule has 0 bridgehead atoms. The predicted octanol–water partition coefficient (Wildman–Crippen LogP) is 13.1. The zero-order valence-electron chi connectivity index (χ0n) is 42.2. The number of ether oxygens (including phenoxy) is 4. The Morgan fingerprint density at radius 1 is 0.477 bits per heavy atom. The molecule has 0 spiro atoms. The van der Waals surface area contributed by atoms with Gasteiger partial charge in [-0.2, -0.15) is 0 Å². The van der Waals surface area contributed by atoms with Crippen LogP contribution in [0.3, 0.4) is 0 Å². The van der Waals surface area contributed by atoms with Crippen LogP contribution in [0.15, 0.2) is 12.1 Å². The Kier molecular flexibility index (Phi) is 37.1. The number of carbonyl (C=O) groups is 1. The van der Waals surface area contributed by atoms with E-state index in [0.29, 0.717) is 55.6 Å².